The topological polar surface area (TPSA) is 82.9 Å². The Labute approximate surface area is 209 Å². The molecule has 1 saturated heterocycles. The summed E-state index contributed by atoms with van der Waals surface area (Å²) < 4.78 is 38.8. The highest BCUT2D eigenvalue weighted by Gasteiger charge is 2.34. The first-order chi connectivity index (χ1) is 16.6. The lowest BCUT2D eigenvalue weighted by molar-refractivity contribution is -0.137. The minimum atomic E-state index is -4.57. The number of aryl methyl sites for hydroxylation is 1. The molecular formula is C24H22ClF3N4O2S. The zero-order chi connectivity index (χ0) is 25.2. The van der Waals surface area contributed by atoms with Crippen LogP contribution >= 0.6 is 23.4 Å². The molecule has 35 heavy (non-hydrogen) atoms. The van der Waals surface area contributed by atoms with E-state index in [1.54, 1.807) is 0 Å². The van der Waals surface area contributed by atoms with Gasteiger partial charge in [-0.2, -0.15) is 18.3 Å². The van der Waals surface area contributed by atoms with E-state index in [0.29, 0.717) is 0 Å². The molecule has 11 heteroatoms. The van der Waals surface area contributed by atoms with Crippen molar-refractivity contribution < 1.29 is 22.8 Å². The number of benzene rings is 2. The number of hydrogen-bond donors (Lipinski definition) is 2. The van der Waals surface area contributed by atoms with Crippen LogP contribution in [0.25, 0.3) is 0 Å². The van der Waals surface area contributed by atoms with E-state index in [4.69, 9.17) is 11.6 Å². The Hall–Kier alpha value is -2.85. The number of rotatable bonds is 5. The van der Waals surface area contributed by atoms with Gasteiger partial charge in [0, 0.05) is 18.1 Å². The summed E-state index contributed by atoms with van der Waals surface area (Å²) in [5, 5.41) is 12.9. The fourth-order valence-electron chi connectivity index (χ4n) is 4.14. The molecule has 2 aromatic rings. The Balaban J connectivity index is 1.39. The number of nitrogens with one attached hydrogen (secondary N) is 2. The summed E-state index contributed by atoms with van der Waals surface area (Å²) in [5.41, 5.74) is 2.28. The van der Waals surface area contributed by atoms with E-state index in [9.17, 15) is 22.8 Å². The molecule has 4 rings (SSSR count). The second kappa shape index (κ2) is 10.4. The number of fused-ring (bicyclic) bond motifs is 1. The number of nitrogens with zero attached hydrogens (tertiary/aromatic N) is 2. The molecule has 6 nitrogen and oxygen atoms in total. The third-order valence-corrected chi connectivity index (χ3v) is 7.29. The van der Waals surface area contributed by atoms with Crippen LogP contribution in [-0.4, -0.2) is 27.9 Å². The zero-order valence-corrected chi connectivity index (χ0v) is 20.2. The number of amides is 2. The molecular weight excluding hydrogens is 501 g/mol. The number of thioether (sulfide) groups is 1. The first-order valence-electron chi connectivity index (χ1n) is 11.0. The Bertz CT molecular complexity index is 1220. The fourth-order valence-corrected chi connectivity index (χ4v) is 5.22. The monoisotopic (exact) mass is 522 g/mol. The van der Waals surface area contributed by atoms with E-state index in [0.717, 1.165) is 54.9 Å². The van der Waals surface area contributed by atoms with Crippen molar-refractivity contribution in [2.45, 2.75) is 50.0 Å². The average Bonchev–Trinajstić information content (AvgIpc) is 3.16. The molecule has 0 spiro atoms. The Morgan fingerprint density at radius 1 is 1.26 bits per heavy atom. The summed E-state index contributed by atoms with van der Waals surface area (Å²) in [7, 11) is 0. The van der Waals surface area contributed by atoms with Crippen molar-refractivity contribution in [3.63, 3.8) is 0 Å². The third-order valence-electron chi connectivity index (χ3n) is 5.89. The second-order valence-electron chi connectivity index (χ2n) is 8.33. The smallest absolute Gasteiger partial charge is 0.325 e. The highest BCUT2D eigenvalue weighted by atomic mass is 35.5. The summed E-state index contributed by atoms with van der Waals surface area (Å²) in [6.07, 6.45) is -1.77. The van der Waals surface area contributed by atoms with Crippen LogP contribution in [0.5, 0.6) is 0 Å². The van der Waals surface area contributed by atoms with Crippen LogP contribution in [0.1, 0.15) is 48.8 Å². The van der Waals surface area contributed by atoms with E-state index < -0.39 is 28.8 Å². The molecule has 2 N–H and O–H groups in total. The summed E-state index contributed by atoms with van der Waals surface area (Å²) in [6.45, 7) is 1.90. The maximum absolute atomic E-state index is 12.9. The molecule has 0 radical (unpaired) electrons. The molecule has 2 aromatic carbocycles. The Morgan fingerprint density at radius 2 is 2.03 bits per heavy atom. The maximum Gasteiger partial charge on any atom is 0.416 e. The van der Waals surface area contributed by atoms with Crippen LogP contribution in [0, 0.1) is 0 Å². The highest BCUT2D eigenvalue weighted by molar-refractivity contribution is 8.15. The van der Waals surface area contributed by atoms with Gasteiger partial charge in [-0.05, 0) is 55.5 Å². The van der Waals surface area contributed by atoms with Gasteiger partial charge >= 0.3 is 6.18 Å². The molecule has 2 atom stereocenters. The predicted octanol–water partition coefficient (Wildman–Crippen LogP) is 5.77. The van der Waals surface area contributed by atoms with Gasteiger partial charge in [-0.1, -0.05) is 47.6 Å². The van der Waals surface area contributed by atoms with Crippen molar-refractivity contribution in [1.29, 1.82) is 0 Å². The standard InChI is InChI=1S/C24H22ClF3N4O2S/c1-13(16-8-4-6-14-5-2-3-7-17(14)16)31-32-23-30-22(34)20(35-23)12-21(33)29-19-11-15(24(26,27)28)9-10-18(19)25/h2-3,5,7,9-11,16,20H,4,6,8,12H2,1H3,(H,29,33)(H,30,32,34)/b31-13-. The number of carbonyl (C=O) groups excluding carboxylic acids is 2. The summed E-state index contributed by atoms with van der Waals surface area (Å²) >= 11 is 6.98. The predicted molar refractivity (Wildman–Crippen MR) is 132 cm³/mol. The van der Waals surface area contributed by atoms with E-state index in [1.165, 1.54) is 11.1 Å². The molecule has 184 valence electrons. The Morgan fingerprint density at radius 3 is 2.80 bits per heavy atom. The number of carbonyl (C=O) groups is 2. The highest BCUT2D eigenvalue weighted by Crippen LogP contribution is 2.35. The van der Waals surface area contributed by atoms with Crippen molar-refractivity contribution in [3.05, 3.63) is 64.2 Å². The molecule has 1 fully saturated rings. The molecule has 1 aliphatic heterocycles. The molecule has 2 aliphatic rings. The number of anilines is 1. The van der Waals surface area contributed by atoms with Gasteiger partial charge in [-0.25, -0.2) is 0 Å². The lowest BCUT2D eigenvalue weighted by Gasteiger charge is -2.24. The van der Waals surface area contributed by atoms with Gasteiger partial charge in [-0.15, -0.1) is 5.10 Å². The van der Waals surface area contributed by atoms with Crippen molar-refractivity contribution in [3.8, 4) is 0 Å². The molecule has 1 heterocycles. The SMILES string of the molecule is C/C(=N/N=C1/NC(=O)C(CC(=O)Nc2cc(C(F)(F)F)ccc2Cl)S1)C1CCCc2ccccc21. The van der Waals surface area contributed by atoms with Crippen LogP contribution < -0.4 is 10.6 Å². The number of halogens is 4. The van der Waals surface area contributed by atoms with Gasteiger partial charge in [-0.3, -0.25) is 9.59 Å². The molecule has 0 saturated carbocycles. The van der Waals surface area contributed by atoms with Crippen molar-refractivity contribution in [2.24, 2.45) is 10.2 Å². The molecule has 0 aromatic heterocycles. The van der Waals surface area contributed by atoms with Gasteiger partial charge in [0.2, 0.25) is 11.8 Å². The minimum Gasteiger partial charge on any atom is -0.325 e. The molecule has 0 bridgehead atoms. The van der Waals surface area contributed by atoms with Gasteiger partial charge in [0.1, 0.15) is 5.25 Å². The van der Waals surface area contributed by atoms with Gasteiger partial charge < -0.3 is 10.6 Å². The summed E-state index contributed by atoms with van der Waals surface area (Å²) in [6, 6.07) is 10.9. The average molecular weight is 523 g/mol. The van der Waals surface area contributed by atoms with Gasteiger partial charge in [0.15, 0.2) is 5.17 Å². The van der Waals surface area contributed by atoms with E-state index in [2.05, 4.69) is 33.0 Å². The largest absolute Gasteiger partial charge is 0.416 e. The first kappa shape index (κ1) is 25.2. The van der Waals surface area contributed by atoms with Crippen molar-refractivity contribution in [2.75, 3.05) is 5.32 Å². The Kier molecular flexibility index (Phi) is 7.51. The van der Waals surface area contributed by atoms with E-state index >= 15 is 0 Å². The minimum absolute atomic E-state index is 0.0359. The van der Waals surface area contributed by atoms with Crippen LogP contribution in [0.3, 0.4) is 0 Å². The number of hydrogen-bond acceptors (Lipinski definition) is 5. The number of amidine groups is 1. The normalized spacial score (nSPS) is 21.6. The van der Waals surface area contributed by atoms with Gasteiger partial charge in [0.25, 0.3) is 0 Å². The van der Waals surface area contributed by atoms with Crippen LogP contribution in [0.2, 0.25) is 5.02 Å². The maximum atomic E-state index is 12.9. The quantitative estimate of drug-likeness (QED) is 0.386. The second-order valence-corrected chi connectivity index (χ2v) is 9.93. The van der Waals surface area contributed by atoms with Crippen molar-refractivity contribution in [1.82, 2.24) is 5.32 Å². The summed E-state index contributed by atoms with van der Waals surface area (Å²) in [5.74, 6) is -0.904. The lowest BCUT2D eigenvalue weighted by atomic mass is 9.80. The van der Waals surface area contributed by atoms with Crippen LogP contribution in [0.15, 0.2) is 52.7 Å². The molecule has 2 amide bonds. The number of alkyl halides is 3. The van der Waals surface area contributed by atoms with Crippen LogP contribution in [-0.2, 0) is 22.2 Å². The van der Waals surface area contributed by atoms with Crippen molar-refractivity contribution >= 4 is 51.7 Å². The molecule has 1 aliphatic carbocycles. The zero-order valence-electron chi connectivity index (χ0n) is 18.7. The van der Waals surface area contributed by atoms with Gasteiger partial charge in [0.05, 0.1) is 16.3 Å². The van der Waals surface area contributed by atoms with E-state index in [1.807, 2.05) is 19.1 Å². The van der Waals surface area contributed by atoms with E-state index in [-0.39, 0.29) is 28.2 Å². The molecule has 2 unspecified atom stereocenters. The fraction of sp³-hybridized carbons (Fsp3) is 0.333. The first-order valence-corrected chi connectivity index (χ1v) is 12.2. The lowest BCUT2D eigenvalue weighted by Crippen LogP contribution is -2.28. The third kappa shape index (κ3) is 6.05. The summed E-state index contributed by atoms with van der Waals surface area (Å²) in [4.78, 5) is 24.7. The van der Waals surface area contributed by atoms with Crippen LogP contribution in [0.4, 0.5) is 18.9 Å².